The molecule has 1 aromatic carbocycles. The van der Waals surface area contributed by atoms with Crippen LogP contribution in [0.1, 0.15) is 51.8 Å². The van der Waals surface area contributed by atoms with Crippen molar-refractivity contribution in [2.45, 2.75) is 52.6 Å². The first-order valence-corrected chi connectivity index (χ1v) is 7.79. The number of hydrogen-bond acceptors (Lipinski definition) is 2. The van der Waals surface area contributed by atoms with Gasteiger partial charge in [-0.15, -0.1) is 0 Å². The van der Waals surface area contributed by atoms with E-state index in [1.54, 1.807) is 0 Å². The largest absolute Gasteiger partial charge is 0.350 e. The molecule has 1 unspecified atom stereocenters. The van der Waals surface area contributed by atoms with Gasteiger partial charge in [-0.1, -0.05) is 31.5 Å². The zero-order valence-electron chi connectivity index (χ0n) is 13.5. The Morgan fingerprint density at radius 1 is 1.38 bits per heavy atom. The number of fused-ring (bicyclic) bond motifs is 1. The van der Waals surface area contributed by atoms with Crippen LogP contribution in [0.3, 0.4) is 0 Å². The van der Waals surface area contributed by atoms with Crippen molar-refractivity contribution in [1.29, 1.82) is 0 Å². The molecule has 0 spiro atoms. The molecule has 0 saturated heterocycles. The second-order valence-electron chi connectivity index (χ2n) is 7.62. The Labute approximate surface area is 132 Å². The van der Waals surface area contributed by atoms with Gasteiger partial charge in [0.1, 0.15) is 0 Å². The van der Waals surface area contributed by atoms with Crippen LogP contribution in [-0.4, -0.2) is 18.0 Å². The summed E-state index contributed by atoms with van der Waals surface area (Å²) in [5.41, 5.74) is 2.41. The number of benzene rings is 1. The molecule has 1 aliphatic rings. The second kappa shape index (κ2) is 5.62. The minimum absolute atomic E-state index is 0.0220. The van der Waals surface area contributed by atoms with Crippen LogP contribution in [-0.2, 0) is 11.2 Å². The summed E-state index contributed by atoms with van der Waals surface area (Å²) in [6.07, 6.45) is 0.998. The SMILES string of the molecule is CC(C)(C)NC(=O)CNC1c2cc(Cl)ccc2CC1(C)C. The van der Waals surface area contributed by atoms with Crippen LogP contribution in [0.5, 0.6) is 0 Å². The zero-order chi connectivity index (χ0) is 15.8. The summed E-state index contributed by atoms with van der Waals surface area (Å²) in [5, 5.41) is 7.13. The molecule has 0 aromatic heterocycles. The van der Waals surface area contributed by atoms with Crippen molar-refractivity contribution in [3.8, 4) is 0 Å². The van der Waals surface area contributed by atoms with Crippen molar-refractivity contribution in [2.24, 2.45) is 5.41 Å². The number of carbonyl (C=O) groups is 1. The first-order chi connectivity index (χ1) is 9.58. The molecule has 2 rings (SSSR count). The highest BCUT2D eigenvalue weighted by molar-refractivity contribution is 6.30. The minimum Gasteiger partial charge on any atom is -0.350 e. The number of hydrogen-bond donors (Lipinski definition) is 2. The van der Waals surface area contributed by atoms with Crippen molar-refractivity contribution < 1.29 is 4.79 Å². The van der Waals surface area contributed by atoms with E-state index in [-0.39, 0.29) is 22.9 Å². The van der Waals surface area contributed by atoms with Crippen molar-refractivity contribution in [3.63, 3.8) is 0 Å². The van der Waals surface area contributed by atoms with Gasteiger partial charge in [0.15, 0.2) is 0 Å². The summed E-state index contributed by atoms with van der Waals surface area (Å²) in [6, 6.07) is 6.20. The average molecular weight is 309 g/mol. The molecule has 1 atom stereocenters. The van der Waals surface area contributed by atoms with E-state index in [2.05, 4.69) is 30.5 Å². The summed E-state index contributed by atoms with van der Waals surface area (Å²) in [4.78, 5) is 12.0. The fourth-order valence-electron chi connectivity index (χ4n) is 3.05. The lowest BCUT2D eigenvalue weighted by Crippen LogP contribution is -2.46. The molecular weight excluding hydrogens is 284 g/mol. The average Bonchev–Trinajstić information content (AvgIpc) is 2.54. The van der Waals surface area contributed by atoms with Crippen LogP contribution in [0.4, 0.5) is 0 Å². The minimum atomic E-state index is -0.203. The van der Waals surface area contributed by atoms with Gasteiger partial charge in [0.05, 0.1) is 6.54 Å². The normalized spacial score (nSPS) is 20.2. The van der Waals surface area contributed by atoms with Crippen LogP contribution in [0, 0.1) is 5.41 Å². The van der Waals surface area contributed by atoms with Crippen LogP contribution >= 0.6 is 11.6 Å². The third kappa shape index (κ3) is 3.98. The maximum absolute atomic E-state index is 12.0. The maximum atomic E-state index is 12.0. The zero-order valence-corrected chi connectivity index (χ0v) is 14.3. The Hall–Kier alpha value is -1.06. The van der Waals surface area contributed by atoms with Gasteiger partial charge in [-0.3, -0.25) is 4.79 Å². The molecule has 4 heteroatoms. The fourth-order valence-corrected chi connectivity index (χ4v) is 3.23. The van der Waals surface area contributed by atoms with E-state index in [0.29, 0.717) is 6.54 Å². The molecule has 0 radical (unpaired) electrons. The molecule has 3 nitrogen and oxygen atoms in total. The lowest BCUT2D eigenvalue weighted by Gasteiger charge is -2.29. The molecule has 1 amide bonds. The van der Waals surface area contributed by atoms with E-state index >= 15 is 0 Å². The molecule has 0 saturated carbocycles. The first-order valence-electron chi connectivity index (χ1n) is 7.41. The topological polar surface area (TPSA) is 41.1 Å². The Kier molecular flexibility index (Phi) is 4.36. The predicted molar refractivity (Wildman–Crippen MR) is 87.6 cm³/mol. The van der Waals surface area contributed by atoms with E-state index in [9.17, 15) is 4.79 Å². The summed E-state index contributed by atoms with van der Waals surface area (Å²) < 4.78 is 0. The highest BCUT2D eigenvalue weighted by Gasteiger charge is 2.38. The van der Waals surface area contributed by atoms with Gasteiger partial charge < -0.3 is 10.6 Å². The van der Waals surface area contributed by atoms with Gasteiger partial charge in [0.2, 0.25) is 5.91 Å². The predicted octanol–water partition coefficient (Wildman–Crippen LogP) is 3.47. The molecule has 2 N–H and O–H groups in total. The molecular formula is C17H25ClN2O. The third-order valence-electron chi connectivity index (χ3n) is 3.83. The van der Waals surface area contributed by atoms with Crippen LogP contribution in [0.15, 0.2) is 18.2 Å². The summed E-state index contributed by atoms with van der Waals surface area (Å²) in [5.74, 6) is 0.0220. The monoisotopic (exact) mass is 308 g/mol. The van der Waals surface area contributed by atoms with Crippen LogP contribution < -0.4 is 10.6 Å². The van der Waals surface area contributed by atoms with Crippen molar-refractivity contribution >= 4 is 17.5 Å². The summed E-state index contributed by atoms with van der Waals surface area (Å²) in [6.45, 7) is 10.7. The van der Waals surface area contributed by atoms with Crippen molar-refractivity contribution in [3.05, 3.63) is 34.3 Å². The summed E-state index contributed by atoms with van der Waals surface area (Å²) in [7, 11) is 0. The maximum Gasteiger partial charge on any atom is 0.234 e. The molecule has 116 valence electrons. The molecule has 1 aliphatic carbocycles. The van der Waals surface area contributed by atoms with Crippen molar-refractivity contribution in [1.82, 2.24) is 10.6 Å². The third-order valence-corrected chi connectivity index (χ3v) is 4.06. The molecule has 0 heterocycles. The van der Waals surface area contributed by atoms with Gasteiger partial charge in [-0.05, 0) is 55.9 Å². The molecule has 0 fully saturated rings. The lowest BCUT2D eigenvalue weighted by atomic mass is 9.85. The standard InChI is InChI=1S/C17H25ClN2O/c1-16(2,3)20-14(21)10-19-15-13-8-12(18)7-6-11(13)9-17(15,4)5/h6-8,15,19H,9-10H2,1-5H3,(H,20,21). The second-order valence-corrected chi connectivity index (χ2v) is 8.06. The van der Waals surface area contributed by atoms with Gasteiger partial charge in [-0.25, -0.2) is 0 Å². The van der Waals surface area contributed by atoms with Gasteiger partial charge >= 0.3 is 0 Å². The van der Waals surface area contributed by atoms with E-state index in [1.807, 2.05) is 32.9 Å². The fraction of sp³-hybridized carbons (Fsp3) is 0.588. The molecule has 1 aromatic rings. The number of carbonyl (C=O) groups excluding carboxylic acids is 1. The Balaban J connectivity index is 2.09. The number of rotatable bonds is 3. The quantitative estimate of drug-likeness (QED) is 0.897. The van der Waals surface area contributed by atoms with Crippen LogP contribution in [0.25, 0.3) is 0 Å². The lowest BCUT2D eigenvalue weighted by molar-refractivity contribution is -0.121. The smallest absolute Gasteiger partial charge is 0.234 e. The summed E-state index contributed by atoms with van der Waals surface area (Å²) >= 11 is 6.12. The van der Waals surface area contributed by atoms with Gasteiger partial charge in [-0.2, -0.15) is 0 Å². The van der Waals surface area contributed by atoms with E-state index in [1.165, 1.54) is 11.1 Å². The van der Waals surface area contributed by atoms with E-state index < -0.39 is 0 Å². The van der Waals surface area contributed by atoms with Crippen LogP contribution in [0.2, 0.25) is 5.02 Å². The number of nitrogens with one attached hydrogen (secondary N) is 2. The molecule has 21 heavy (non-hydrogen) atoms. The Morgan fingerprint density at radius 3 is 2.67 bits per heavy atom. The van der Waals surface area contributed by atoms with Gasteiger partial charge in [0, 0.05) is 16.6 Å². The van der Waals surface area contributed by atoms with Crippen molar-refractivity contribution in [2.75, 3.05) is 6.54 Å². The Bertz CT molecular complexity index is 546. The van der Waals surface area contributed by atoms with Gasteiger partial charge in [0.25, 0.3) is 0 Å². The molecule has 0 bridgehead atoms. The number of halogens is 1. The number of amides is 1. The van der Waals surface area contributed by atoms with E-state index in [0.717, 1.165) is 11.4 Å². The highest BCUT2D eigenvalue weighted by atomic mass is 35.5. The Morgan fingerprint density at radius 2 is 2.05 bits per heavy atom. The first kappa shape index (κ1) is 16.3. The van der Waals surface area contributed by atoms with E-state index in [4.69, 9.17) is 11.6 Å². The molecule has 0 aliphatic heterocycles. The highest BCUT2D eigenvalue weighted by Crippen LogP contribution is 2.45.